The first-order chi connectivity index (χ1) is 12.8. The first-order valence-electron chi connectivity index (χ1n) is 7.50. The number of amides is 2. The molecule has 27 heavy (non-hydrogen) atoms. The van der Waals surface area contributed by atoms with Gasteiger partial charge in [0, 0.05) is 5.38 Å². The highest BCUT2D eigenvalue weighted by Crippen LogP contribution is 2.33. The van der Waals surface area contributed by atoms with E-state index in [1.165, 1.54) is 24.3 Å². The van der Waals surface area contributed by atoms with Crippen molar-refractivity contribution >= 4 is 74.7 Å². The summed E-state index contributed by atoms with van der Waals surface area (Å²) < 4.78 is 0. The van der Waals surface area contributed by atoms with Gasteiger partial charge in [0.2, 0.25) is 0 Å². The fraction of sp³-hybridized carbons (Fsp3) is 0.0556. The van der Waals surface area contributed by atoms with Gasteiger partial charge in [0.1, 0.15) is 0 Å². The first kappa shape index (κ1) is 20.1. The lowest BCUT2D eigenvalue weighted by Crippen LogP contribution is -2.37. The number of aromatic nitrogens is 1. The summed E-state index contributed by atoms with van der Waals surface area (Å²) in [6.45, 7) is 1.75. The average Bonchev–Trinajstić information content (AvgIpc) is 3.00. The van der Waals surface area contributed by atoms with Crippen LogP contribution >= 0.6 is 57.7 Å². The Morgan fingerprint density at radius 1 is 0.852 bits per heavy atom. The van der Waals surface area contributed by atoms with E-state index in [1.807, 2.05) is 0 Å². The maximum Gasteiger partial charge on any atom is 0.270 e. The van der Waals surface area contributed by atoms with Crippen LogP contribution in [-0.2, 0) is 0 Å². The zero-order valence-corrected chi connectivity index (χ0v) is 17.5. The molecule has 0 N–H and O–H groups in total. The number of hydrogen-bond acceptors (Lipinski definition) is 4. The Labute approximate surface area is 179 Å². The molecule has 1 aromatic heterocycles. The third kappa shape index (κ3) is 3.98. The van der Waals surface area contributed by atoms with Crippen molar-refractivity contribution in [3.05, 3.63) is 78.7 Å². The van der Waals surface area contributed by atoms with Crippen molar-refractivity contribution in [1.29, 1.82) is 0 Å². The molecule has 4 nitrogen and oxygen atoms in total. The summed E-state index contributed by atoms with van der Waals surface area (Å²) in [6.07, 6.45) is 0. The number of benzene rings is 2. The van der Waals surface area contributed by atoms with Gasteiger partial charge in [-0.05, 0) is 31.2 Å². The average molecular weight is 460 g/mol. The van der Waals surface area contributed by atoms with E-state index in [0.29, 0.717) is 5.69 Å². The highest BCUT2D eigenvalue weighted by molar-refractivity contribution is 7.14. The molecule has 0 fully saturated rings. The molecule has 0 radical (unpaired) electrons. The number of aryl methyl sites for hydroxylation is 1. The van der Waals surface area contributed by atoms with Crippen molar-refractivity contribution in [1.82, 2.24) is 4.98 Å². The monoisotopic (exact) mass is 458 g/mol. The summed E-state index contributed by atoms with van der Waals surface area (Å²) >= 11 is 25.8. The lowest BCUT2D eigenvalue weighted by atomic mass is 10.1. The summed E-state index contributed by atoms with van der Waals surface area (Å²) in [5, 5.41) is 2.33. The van der Waals surface area contributed by atoms with E-state index >= 15 is 0 Å². The molecule has 0 unspecified atom stereocenters. The summed E-state index contributed by atoms with van der Waals surface area (Å²) in [7, 11) is 0. The summed E-state index contributed by atoms with van der Waals surface area (Å²) in [6, 6.07) is 9.26. The summed E-state index contributed by atoms with van der Waals surface area (Å²) in [5.74, 6) is -1.44. The van der Waals surface area contributed by atoms with Crippen LogP contribution in [0.3, 0.4) is 0 Å². The molecule has 0 aliphatic heterocycles. The lowest BCUT2D eigenvalue weighted by molar-refractivity contribution is 0.0898. The highest BCUT2D eigenvalue weighted by atomic mass is 35.5. The molecule has 2 amide bonds. The molecule has 2 aromatic carbocycles. The second kappa shape index (κ2) is 8.17. The van der Waals surface area contributed by atoms with Crippen molar-refractivity contribution < 1.29 is 9.59 Å². The van der Waals surface area contributed by atoms with Gasteiger partial charge in [0.25, 0.3) is 11.8 Å². The number of carbonyl (C=O) groups excluding carboxylic acids is 2. The third-order valence-corrected chi connectivity index (χ3v) is 5.76. The molecule has 138 valence electrons. The summed E-state index contributed by atoms with van der Waals surface area (Å²) in [4.78, 5) is 31.6. The van der Waals surface area contributed by atoms with E-state index in [9.17, 15) is 9.59 Å². The zero-order valence-electron chi connectivity index (χ0n) is 13.7. The predicted molar refractivity (Wildman–Crippen MR) is 111 cm³/mol. The van der Waals surface area contributed by atoms with E-state index in [4.69, 9.17) is 46.4 Å². The first-order valence-corrected chi connectivity index (χ1v) is 9.89. The Bertz CT molecular complexity index is 948. The van der Waals surface area contributed by atoms with Crippen LogP contribution in [0.25, 0.3) is 0 Å². The second-order valence-corrected chi connectivity index (χ2v) is 7.88. The molecular formula is C18H10Cl4N2O2S. The van der Waals surface area contributed by atoms with Gasteiger partial charge in [0.05, 0.1) is 36.9 Å². The van der Waals surface area contributed by atoms with E-state index in [0.717, 1.165) is 16.2 Å². The van der Waals surface area contributed by atoms with Gasteiger partial charge < -0.3 is 0 Å². The molecule has 0 saturated heterocycles. The lowest BCUT2D eigenvalue weighted by Gasteiger charge is -2.20. The molecule has 1 heterocycles. The molecule has 0 atom stereocenters. The molecule has 0 bridgehead atoms. The Kier molecular flexibility index (Phi) is 6.08. The molecular weight excluding hydrogens is 450 g/mol. The van der Waals surface area contributed by atoms with Gasteiger partial charge >= 0.3 is 0 Å². The van der Waals surface area contributed by atoms with Crippen molar-refractivity contribution in [3.8, 4) is 0 Å². The number of carbonyl (C=O) groups is 2. The Hall–Kier alpha value is -1.63. The van der Waals surface area contributed by atoms with Crippen LogP contribution in [0.1, 0.15) is 26.4 Å². The van der Waals surface area contributed by atoms with Crippen LogP contribution in [0.4, 0.5) is 5.13 Å². The highest BCUT2D eigenvalue weighted by Gasteiger charge is 2.33. The van der Waals surface area contributed by atoms with Crippen molar-refractivity contribution in [2.75, 3.05) is 4.90 Å². The predicted octanol–water partition coefficient (Wildman–Crippen LogP) is 6.55. The molecule has 0 aliphatic carbocycles. The van der Waals surface area contributed by atoms with Crippen LogP contribution in [0.15, 0.2) is 41.8 Å². The van der Waals surface area contributed by atoms with E-state index in [-0.39, 0.29) is 36.3 Å². The minimum atomic E-state index is -0.721. The Balaban J connectivity index is 2.18. The number of nitrogens with zero attached hydrogens (tertiary/aromatic N) is 2. The van der Waals surface area contributed by atoms with Gasteiger partial charge in [-0.25, -0.2) is 9.88 Å². The fourth-order valence-electron chi connectivity index (χ4n) is 2.34. The normalized spacial score (nSPS) is 10.7. The third-order valence-electron chi connectivity index (χ3n) is 3.56. The Morgan fingerprint density at radius 3 is 1.59 bits per heavy atom. The minimum absolute atomic E-state index is 0.00906. The maximum atomic E-state index is 13.3. The largest absolute Gasteiger partial charge is 0.270 e. The number of rotatable bonds is 3. The maximum absolute atomic E-state index is 13.3. The SMILES string of the molecule is Cc1csc(N(C(=O)c2c(Cl)cccc2Cl)C(=O)c2c(Cl)cccc2Cl)n1. The van der Waals surface area contributed by atoms with Crippen molar-refractivity contribution in [3.63, 3.8) is 0 Å². The van der Waals surface area contributed by atoms with Crippen LogP contribution < -0.4 is 4.90 Å². The smallest absolute Gasteiger partial charge is 0.268 e. The van der Waals surface area contributed by atoms with Crippen LogP contribution in [-0.4, -0.2) is 16.8 Å². The minimum Gasteiger partial charge on any atom is -0.268 e. The van der Waals surface area contributed by atoms with Crippen LogP contribution in [0, 0.1) is 6.92 Å². The molecule has 0 saturated carbocycles. The standard InChI is InChI=1S/C18H10Cl4N2O2S/c1-9-8-27-18(23-9)24(16(25)14-10(19)4-2-5-11(14)20)17(26)15-12(21)6-3-7-13(15)22/h2-8H,1H3. The van der Waals surface area contributed by atoms with Gasteiger partial charge in [-0.15, -0.1) is 11.3 Å². The van der Waals surface area contributed by atoms with Gasteiger partial charge in [-0.2, -0.15) is 0 Å². The molecule has 9 heteroatoms. The Morgan fingerprint density at radius 2 is 1.26 bits per heavy atom. The van der Waals surface area contributed by atoms with Gasteiger partial charge in [-0.1, -0.05) is 58.5 Å². The van der Waals surface area contributed by atoms with Crippen LogP contribution in [0.2, 0.25) is 20.1 Å². The summed E-state index contributed by atoms with van der Waals surface area (Å²) in [5.41, 5.74) is 0.631. The number of imide groups is 1. The number of hydrogen-bond donors (Lipinski definition) is 0. The number of thiazole rings is 1. The van der Waals surface area contributed by atoms with E-state index in [1.54, 1.807) is 24.4 Å². The molecule has 3 rings (SSSR count). The topological polar surface area (TPSA) is 50.3 Å². The van der Waals surface area contributed by atoms with Crippen LogP contribution in [0.5, 0.6) is 0 Å². The fourth-order valence-corrected chi connectivity index (χ4v) is 4.25. The molecule has 0 aliphatic rings. The van der Waals surface area contributed by atoms with E-state index < -0.39 is 11.8 Å². The zero-order chi connectivity index (χ0) is 19.7. The number of anilines is 1. The van der Waals surface area contributed by atoms with Crippen molar-refractivity contribution in [2.45, 2.75) is 6.92 Å². The second-order valence-electron chi connectivity index (χ2n) is 5.41. The number of halogens is 4. The molecule has 0 spiro atoms. The van der Waals surface area contributed by atoms with Gasteiger partial charge in [0.15, 0.2) is 5.13 Å². The van der Waals surface area contributed by atoms with Crippen molar-refractivity contribution in [2.24, 2.45) is 0 Å². The quantitative estimate of drug-likeness (QED) is 0.417. The van der Waals surface area contributed by atoms with Gasteiger partial charge in [-0.3, -0.25) is 9.59 Å². The molecule has 3 aromatic rings. The van der Waals surface area contributed by atoms with E-state index in [2.05, 4.69) is 4.98 Å².